The van der Waals surface area contributed by atoms with Crippen LogP contribution in [0.2, 0.25) is 0 Å². The van der Waals surface area contributed by atoms with Crippen LogP contribution in [-0.2, 0) is 4.79 Å². The van der Waals surface area contributed by atoms with Crippen LogP contribution in [0.15, 0.2) is 0 Å². The molecule has 86 valence electrons. The van der Waals surface area contributed by atoms with Crippen LogP contribution in [0.3, 0.4) is 0 Å². The number of β-amino-alcohol motifs (C(OH)–C–C–N with tert-alkyl or cyclic N) is 1. The summed E-state index contributed by atoms with van der Waals surface area (Å²) < 4.78 is 0. The molecule has 2 aliphatic rings. The van der Waals surface area contributed by atoms with E-state index in [9.17, 15) is 9.90 Å². The van der Waals surface area contributed by atoms with Crippen LogP contribution in [0.25, 0.3) is 0 Å². The third-order valence-corrected chi connectivity index (χ3v) is 3.51. The Bertz CT molecular complexity index is 255. The third-order valence-electron chi connectivity index (χ3n) is 3.51. The zero-order valence-corrected chi connectivity index (χ0v) is 9.44. The molecule has 0 aromatic carbocycles. The van der Waals surface area contributed by atoms with E-state index >= 15 is 0 Å². The van der Waals surface area contributed by atoms with Gasteiger partial charge in [0.15, 0.2) is 0 Å². The molecule has 1 amide bonds. The fourth-order valence-corrected chi connectivity index (χ4v) is 2.54. The van der Waals surface area contributed by atoms with Crippen molar-refractivity contribution in [3.8, 4) is 0 Å². The molecule has 1 saturated heterocycles. The number of aliphatic hydroxyl groups excluding tert-OH is 1. The Kier molecular flexibility index (Phi) is 2.98. The van der Waals surface area contributed by atoms with E-state index in [1.165, 1.54) is 6.42 Å². The molecule has 0 spiro atoms. The van der Waals surface area contributed by atoms with Gasteiger partial charge in [0.05, 0.1) is 12.1 Å². The van der Waals surface area contributed by atoms with Gasteiger partial charge in [-0.3, -0.25) is 4.79 Å². The zero-order valence-electron chi connectivity index (χ0n) is 9.44. The highest BCUT2D eigenvalue weighted by atomic mass is 16.3. The monoisotopic (exact) mass is 212 g/mol. The van der Waals surface area contributed by atoms with E-state index in [2.05, 4.69) is 5.32 Å². The summed E-state index contributed by atoms with van der Waals surface area (Å²) in [5.41, 5.74) is 0. The first-order valence-electron chi connectivity index (χ1n) is 5.76. The lowest BCUT2D eigenvalue weighted by Gasteiger charge is -2.26. The first-order chi connectivity index (χ1) is 7.11. The van der Waals surface area contributed by atoms with Crippen LogP contribution in [0, 0.1) is 11.8 Å². The number of nitrogens with zero attached hydrogens (tertiary/aromatic N) is 1. The Morgan fingerprint density at radius 3 is 2.87 bits per heavy atom. The van der Waals surface area contributed by atoms with Crippen molar-refractivity contribution in [2.75, 3.05) is 20.1 Å². The van der Waals surface area contributed by atoms with Gasteiger partial charge in [0.2, 0.25) is 5.91 Å². The Morgan fingerprint density at radius 1 is 1.53 bits per heavy atom. The molecular weight excluding hydrogens is 192 g/mol. The van der Waals surface area contributed by atoms with Crippen molar-refractivity contribution in [2.24, 2.45) is 11.8 Å². The fraction of sp³-hybridized carbons (Fsp3) is 0.909. The van der Waals surface area contributed by atoms with Gasteiger partial charge in [0.25, 0.3) is 0 Å². The first kappa shape index (κ1) is 10.9. The highest BCUT2D eigenvalue weighted by Gasteiger charge is 2.45. The van der Waals surface area contributed by atoms with Gasteiger partial charge in [-0.1, -0.05) is 0 Å². The lowest BCUT2D eigenvalue weighted by molar-refractivity contribution is -0.134. The van der Waals surface area contributed by atoms with E-state index in [-0.39, 0.29) is 11.9 Å². The number of hydrogen-bond acceptors (Lipinski definition) is 3. The van der Waals surface area contributed by atoms with Crippen LogP contribution in [0.5, 0.6) is 0 Å². The number of carbonyl (C=O) groups is 1. The maximum absolute atomic E-state index is 12.0. The maximum Gasteiger partial charge on any atom is 0.239 e. The molecule has 2 rings (SSSR count). The molecule has 0 aromatic heterocycles. The number of hydrogen-bond donors (Lipinski definition) is 2. The zero-order chi connectivity index (χ0) is 11.0. The number of fused-ring (bicyclic) bond motifs is 1. The molecule has 0 bridgehead atoms. The van der Waals surface area contributed by atoms with Crippen LogP contribution in [0.1, 0.15) is 19.8 Å². The molecule has 1 saturated carbocycles. The minimum atomic E-state index is -0.429. The molecule has 1 heterocycles. The number of carbonyl (C=O) groups excluding carboxylic acids is 1. The van der Waals surface area contributed by atoms with Crippen molar-refractivity contribution in [2.45, 2.75) is 31.9 Å². The maximum atomic E-state index is 12.0. The Balaban J connectivity index is 2.04. The van der Waals surface area contributed by atoms with E-state index in [0.29, 0.717) is 12.5 Å². The smallest absolute Gasteiger partial charge is 0.239 e. The molecule has 0 aromatic rings. The highest BCUT2D eigenvalue weighted by molar-refractivity contribution is 5.82. The molecule has 2 N–H and O–H groups in total. The third kappa shape index (κ3) is 2.32. The standard InChI is InChI=1S/C11H20N2O2/c1-7(14)5-13-6-9-3-8(9)4-10(12-2)11(13)15/h7-10,12,14H,3-6H2,1-2H3. The summed E-state index contributed by atoms with van der Waals surface area (Å²) in [5.74, 6) is 1.57. The van der Waals surface area contributed by atoms with E-state index in [1.807, 2.05) is 11.9 Å². The molecule has 1 aliphatic heterocycles. The van der Waals surface area contributed by atoms with Crippen LogP contribution in [-0.4, -0.2) is 48.2 Å². The average Bonchev–Trinajstić information content (AvgIpc) is 2.89. The van der Waals surface area contributed by atoms with Gasteiger partial charge in [-0.25, -0.2) is 0 Å². The summed E-state index contributed by atoms with van der Waals surface area (Å²) in [6.07, 6.45) is 1.79. The molecular formula is C11H20N2O2. The predicted molar refractivity (Wildman–Crippen MR) is 57.3 cm³/mol. The summed E-state index contributed by atoms with van der Waals surface area (Å²) in [4.78, 5) is 13.9. The second-order valence-electron chi connectivity index (χ2n) is 4.93. The fourth-order valence-electron chi connectivity index (χ4n) is 2.54. The molecule has 1 aliphatic carbocycles. The van der Waals surface area contributed by atoms with Crippen molar-refractivity contribution >= 4 is 5.91 Å². The highest BCUT2D eigenvalue weighted by Crippen LogP contribution is 2.44. The van der Waals surface area contributed by atoms with E-state index in [4.69, 9.17) is 0 Å². The van der Waals surface area contributed by atoms with Crippen LogP contribution in [0.4, 0.5) is 0 Å². The van der Waals surface area contributed by atoms with E-state index < -0.39 is 6.10 Å². The summed E-state index contributed by atoms with van der Waals surface area (Å²) in [7, 11) is 1.84. The largest absolute Gasteiger partial charge is 0.392 e. The normalized spacial score (nSPS) is 37.1. The van der Waals surface area contributed by atoms with Crippen molar-refractivity contribution in [3.63, 3.8) is 0 Å². The first-order valence-corrected chi connectivity index (χ1v) is 5.76. The molecule has 4 nitrogen and oxygen atoms in total. The predicted octanol–water partition coefficient (Wildman–Crippen LogP) is -0.176. The lowest BCUT2D eigenvalue weighted by Crippen LogP contribution is -2.47. The van der Waals surface area contributed by atoms with E-state index in [1.54, 1.807) is 6.92 Å². The number of likely N-dealkylation sites (N-methyl/N-ethyl adjacent to an activating group) is 1. The molecule has 15 heavy (non-hydrogen) atoms. The molecule has 2 fully saturated rings. The van der Waals surface area contributed by atoms with Crippen molar-refractivity contribution < 1.29 is 9.90 Å². The molecule has 0 radical (unpaired) electrons. The summed E-state index contributed by atoms with van der Waals surface area (Å²) in [6.45, 7) is 3.05. The van der Waals surface area contributed by atoms with Crippen LogP contribution < -0.4 is 5.32 Å². The summed E-state index contributed by atoms with van der Waals surface area (Å²) in [6, 6.07) is -0.0405. The van der Waals surface area contributed by atoms with Gasteiger partial charge in [-0.05, 0) is 38.6 Å². The number of amides is 1. The number of likely N-dealkylation sites (tertiary alicyclic amines) is 1. The van der Waals surface area contributed by atoms with Gasteiger partial charge in [0.1, 0.15) is 0 Å². The number of nitrogens with one attached hydrogen (secondary N) is 1. The Hall–Kier alpha value is -0.610. The van der Waals surface area contributed by atoms with Gasteiger partial charge < -0.3 is 15.3 Å². The SMILES string of the molecule is CNC1CC2CC2CN(CC(C)O)C1=O. The van der Waals surface area contributed by atoms with E-state index in [0.717, 1.165) is 18.9 Å². The quantitative estimate of drug-likeness (QED) is 0.682. The van der Waals surface area contributed by atoms with Crippen molar-refractivity contribution in [3.05, 3.63) is 0 Å². The summed E-state index contributed by atoms with van der Waals surface area (Å²) >= 11 is 0. The van der Waals surface area contributed by atoms with Gasteiger partial charge >= 0.3 is 0 Å². The molecule has 4 atom stereocenters. The topological polar surface area (TPSA) is 52.6 Å². The average molecular weight is 212 g/mol. The minimum absolute atomic E-state index is 0.0405. The van der Waals surface area contributed by atoms with Crippen molar-refractivity contribution in [1.82, 2.24) is 10.2 Å². The molecule has 4 unspecified atom stereocenters. The second-order valence-corrected chi connectivity index (χ2v) is 4.93. The summed E-state index contributed by atoms with van der Waals surface area (Å²) in [5, 5.41) is 12.4. The number of rotatable bonds is 3. The molecule has 4 heteroatoms. The second kappa shape index (κ2) is 4.10. The van der Waals surface area contributed by atoms with Gasteiger partial charge in [-0.2, -0.15) is 0 Å². The van der Waals surface area contributed by atoms with Crippen LogP contribution >= 0.6 is 0 Å². The van der Waals surface area contributed by atoms with Crippen molar-refractivity contribution in [1.29, 1.82) is 0 Å². The van der Waals surface area contributed by atoms with Gasteiger partial charge in [-0.15, -0.1) is 0 Å². The Labute approximate surface area is 90.6 Å². The Morgan fingerprint density at radius 2 is 2.27 bits per heavy atom. The minimum Gasteiger partial charge on any atom is -0.392 e. The number of aliphatic hydroxyl groups is 1. The van der Waals surface area contributed by atoms with Gasteiger partial charge in [0, 0.05) is 13.1 Å². The lowest BCUT2D eigenvalue weighted by atomic mass is 10.1.